The van der Waals surface area contributed by atoms with Gasteiger partial charge in [0.15, 0.2) is 9.84 Å². The van der Waals surface area contributed by atoms with Gasteiger partial charge >= 0.3 is 0 Å². The summed E-state index contributed by atoms with van der Waals surface area (Å²) >= 11 is 0. The second-order valence-corrected chi connectivity index (χ2v) is 7.33. The van der Waals surface area contributed by atoms with Crippen LogP contribution in [0.4, 0.5) is 0 Å². The lowest BCUT2D eigenvalue weighted by Gasteiger charge is -2.21. The zero-order valence-electron chi connectivity index (χ0n) is 12.7. The summed E-state index contributed by atoms with van der Waals surface area (Å²) < 4.78 is 29.9. The molecular weight excluding hydrogens is 278 g/mol. The fourth-order valence-corrected chi connectivity index (χ4v) is 3.13. The third-order valence-corrected chi connectivity index (χ3v) is 3.85. The van der Waals surface area contributed by atoms with Crippen molar-refractivity contribution < 1.29 is 18.3 Å². The molecule has 1 rings (SSSR count). The molecule has 20 heavy (non-hydrogen) atoms. The van der Waals surface area contributed by atoms with Gasteiger partial charge in [-0.25, -0.2) is 8.42 Å². The van der Waals surface area contributed by atoms with Crippen molar-refractivity contribution in [2.24, 2.45) is 0 Å². The van der Waals surface area contributed by atoms with E-state index >= 15 is 0 Å². The Morgan fingerprint density at radius 1 is 1.25 bits per heavy atom. The van der Waals surface area contributed by atoms with Gasteiger partial charge in [0.1, 0.15) is 10.6 Å². The lowest BCUT2D eigenvalue weighted by atomic mass is 10.1. The molecule has 0 amide bonds. The Morgan fingerprint density at radius 2 is 1.80 bits per heavy atom. The lowest BCUT2D eigenvalue weighted by molar-refractivity contribution is 0.219. The Morgan fingerprint density at radius 3 is 2.20 bits per heavy atom. The topological polar surface area (TPSA) is 66.8 Å². The monoisotopic (exact) mass is 301 g/mol. The highest BCUT2D eigenvalue weighted by atomic mass is 32.2. The average molecular weight is 301 g/mol. The highest BCUT2D eigenvalue weighted by molar-refractivity contribution is 7.90. The number of aliphatic hydroxyl groups is 1. The van der Waals surface area contributed by atoms with E-state index in [1.807, 2.05) is 32.8 Å². The number of hydrogen-bond donors (Lipinski definition) is 1. The maximum atomic E-state index is 12.1. The highest BCUT2D eigenvalue weighted by Gasteiger charge is 2.23. The third kappa shape index (κ3) is 4.19. The number of rotatable bonds is 6. The number of nitrogens with zero attached hydrogens (tertiary/aromatic N) is 1. The van der Waals surface area contributed by atoms with Crippen molar-refractivity contribution in [3.63, 3.8) is 0 Å². The summed E-state index contributed by atoms with van der Waals surface area (Å²) in [4.78, 5) is 2.06. The number of sulfone groups is 1. The minimum absolute atomic E-state index is 0.171. The lowest BCUT2D eigenvalue weighted by Crippen LogP contribution is -2.17. The molecule has 0 bridgehead atoms. The van der Waals surface area contributed by atoms with E-state index in [2.05, 4.69) is 0 Å². The molecule has 5 nitrogen and oxygen atoms in total. The highest BCUT2D eigenvalue weighted by Crippen LogP contribution is 2.33. The zero-order valence-corrected chi connectivity index (χ0v) is 13.5. The minimum Gasteiger partial charge on any atom is -0.489 e. The summed E-state index contributed by atoms with van der Waals surface area (Å²) in [6.45, 7) is 3.88. The molecular formula is C14H23NO4S. The van der Waals surface area contributed by atoms with E-state index < -0.39 is 9.84 Å². The van der Waals surface area contributed by atoms with Crippen molar-refractivity contribution in [1.29, 1.82) is 0 Å². The Bertz CT molecular complexity index is 565. The molecule has 0 aromatic heterocycles. The van der Waals surface area contributed by atoms with Gasteiger partial charge in [-0.3, -0.25) is 0 Å². The molecule has 0 spiro atoms. The van der Waals surface area contributed by atoms with Crippen molar-refractivity contribution in [3.8, 4) is 5.75 Å². The first kappa shape index (κ1) is 16.9. The maximum absolute atomic E-state index is 12.1. The molecule has 0 radical (unpaired) electrons. The summed E-state index contributed by atoms with van der Waals surface area (Å²) in [5.41, 5.74) is 1.16. The fraction of sp³-hybridized carbons (Fsp3) is 0.571. The summed E-state index contributed by atoms with van der Waals surface area (Å²) in [6, 6.07) is 3.44. The second-order valence-electron chi connectivity index (χ2n) is 5.38. The van der Waals surface area contributed by atoms with Gasteiger partial charge in [-0.15, -0.1) is 0 Å². The molecule has 0 aliphatic rings. The van der Waals surface area contributed by atoms with E-state index in [-0.39, 0.29) is 23.4 Å². The first-order valence-corrected chi connectivity index (χ1v) is 8.33. The normalized spacial score (nSPS) is 12.2. The Kier molecular flexibility index (Phi) is 5.56. The summed E-state index contributed by atoms with van der Waals surface area (Å²) in [5, 5.41) is 9.41. The van der Waals surface area contributed by atoms with Crippen LogP contribution in [0, 0.1) is 0 Å². The molecule has 6 heteroatoms. The Hall–Kier alpha value is -1.11. The summed E-state index contributed by atoms with van der Waals surface area (Å²) in [7, 11) is 0.289. The van der Waals surface area contributed by atoms with Crippen LogP contribution in [-0.4, -0.2) is 44.9 Å². The van der Waals surface area contributed by atoms with Crippen LogP contribution in [0.1, 0.15) is 25.0 Å². The van der Waals surface area contributed by atoms with Crippen LogP contribution in [0.25, 0.3) is 0 Å². The number of hydrogen-bond acceptors (Lipinski definition) is 5. The van der Waals surface area contributed by atoms with Crippen LogP contribution in [0.5, 0.6) is 5.75 Å². The van der Waals surface area contributed by atoms with Gasteiger partial charge in [-0.2, -0.15) is 0 Å². The molecule has 0 aliphatic carbocycles. The molecule has 1 aromatic carbocycles. The first-order chi connectivity index (χ1) is 9.16. The third-order valence-electron chi connectivity index (χ3n) is 2.66. The van der Waals surface area contributed by atoms with Crippen molar-refractivity contribution in [2.75, 3.05) is 20.4 Å². The Labute approximate surface area is 121 Å². The van der Waals surface area contributed by atoms with Crippen molar-refractivity contribution in [3.05, 3.63) is 23.3 Å². The van der Waals surface area contributed by atoms with E-state index in [1.165, 1.54) is 0 Å². The quantitative estimate of drug-likeness (QED) is 0.861. The first-order valence-electron chi connectivity index (χ1n) is 6.43. The van der Waals surface area contributed by atoms with E-state index in [1.54, 1.807) is 12.1 Å². The minimum atomic E-state index is -3.45. The van der Waals surface area contributed by atoms with Crippen LogP contribution in [-0.2, 0) is 23.0 Å². The molecule has 1 N–H and O–H groups in total. The molecule has 0 saturated carbocycles. The van der Waals surface area contributed by atoms with Gasteiger partial charge < -0.3 is 14.7 Å². The van der Waals surface area contributed by atoms with Crippen LogP contribution in [0.2, 0.25) is 0 Å². The van der Waals surface area contributed by atoms with Crippen LogP contribution < -0.4 is 4.74 Å². The molecule has 0 aliphatic heterocycles. The van der Waals surface area contributed by atoms with Gasteiger partial charge in [0.2, 0.25) is 0 Å². The number of ether oxygens (including phenoxy) is 1. The molecule has 114 valence electrons. The summed E-state index contributed by atoms with van der Waals surface area (Å²) in [5.74, 6) is 0.268. The summed E-state index contributed by atoms with van der Waals surface area (Å²) in [6.07, 6.45) is 0.992. The van der Waals surface area contributed by atoms with Crippen LogP contribution in [0.3, 0.4) is 0 Å². The fourth-order valence-electron chi connectivity index (χ4n) is 2.01. The van der Waals surface area contributed by atoms with E-state index in [0.29, 0.717) is 17.7 Å². The molecule has 0 saturated heterocycles. The smallest absolute Gasteiger partial charge is 0.179 e. The van der Waals surface area contributed by atoms with Crippen LogP contribution in [0.15, 0.2) is 17.0 Å². The standard InChI is InChI=1S/C14H23NO4S/c1-10(2)19-13-12(9-16)7-6-11(8-15(3)4)14(13)20(5,17)18/h6-7,10,16H,8-9H2,1-5H3. The van der Waals surface area contributed by atoms with Crippen molar-refractivity contribution >= 4 is 9.84 Å². The molecule has 0 heterocycles. The predicted octanol–water partition coefficient (Wildman–Crippen LogP) is 1.43. The van der Waals surface area contributed by atoms with Crippen molar-refractivity contribution in [1.82, 2.24) is 4.90 Å². The van der Waals surface area contributed by atoms with Crippen molar-refractivity contribution in [2.45, 2.75) is 38.0 Å². The van der Waals surface area contributed by atoms with Gasteiger partial charge in [-0.05, 0) is 33.5 Å². The Balaban J connectivity index is 3.57. The molecule has 0 fully saturated rings. The number of benzene rings is 1. The van der Waals surface area contributed by atoms with E-state index in [9.17, 15) is 13.5 Å². The zero-order chi connectivity index (χ0) is 15.5. The van der Waals surface area contributed by atoms with Gasteiger partial charge in [0, 0.05) is 18.4 Å². The van der Waals surface area contributed by atoms with E-state index in [4.69, 9.17) is 4.74 Å². The SMILES string of the molecule is CC(C)Oc1c(CO)ccc(CN(C)C)c1S(C)(=O)=O. The number of aliphatic hydroxyl groups excluding tert-OH is 1. The molecule has 0 unspecified atom stereocenters. The molecule has 1 aromatic rings. The second kappa shape index (κ2) is 6.56. The van der Waals surface area contributed by atoms with Crippen LogP contribution >= 0.6 is 0 Å². The average Bonchev–Trinajstić information content (AvgIpc) is 2.25. The van der Waals surface area contributed by atoms with Gasteiger partial charge in [0.05, 0.1) is 12.7 Å². The predicted molar refractivity (Wildman–Crippen MR) is 78.6 cm³/mol. The van der Waals surface area contributed by atoms with E-state index in [0.717, 1.165) is 6.26 Å². The van der Waals surface area contributed by atoms with Gasteiger partial charge in [0.25, 0.3) is 0 Å². The van der Waals surface area contributed by atoms with Gasteiger partial charge in [-0.1, -0.05) is 12.1 Å². The molecule has 0 atom stereocenters. The maximum Gasteiger partial charge on any atom is 0.179 e. The largest absolute Gasteiger partial charge is 0.489 e.